The van der Waals surface area contributed by atoms with Crippen LogP contribution in [0.1, 0.15) is 28.3 Å². The maximum absolute atomic E-state index is 11.3. The van der Waals surface area contributed by atoms with Gasteiger partial charge in [0.2, 0.25) is 0 Å². The second-order valence-electron chi connectivity index (χ2n) is 3.43. The summed E-state index contributed by atoms with van der Waals surface area (Å²) in [6.07, 6.45) is 0.698. The highest BCUT2D eigenvalue weighted by Crippen LogP contribution is 2.15. The molecule has 1 heterocycles. The van der Waals surface area contributed by atoms with Gasteiger partial charge in [-0.05, 0) is 26.0 Å². The fourth-order valence-corrected chi connectivity index (χ4v) is 1.36. The summed E-state index contributed by atoms with van der Waals surface area (Å²) >= 11 is 0. The SMILES string of the molecule is COC(=O)c1cc(CNCCCO)oc1C. The summed E-state index contributed by atoms with van der Waals surface area (Å²) < 4.78 is 10.0. The van der Waals surface area contributed by atoms with Crippen LogP contribution in [-0.2, 0) is 11.3 Å². The molecule has 0 unspecified atom stereocenters. The zero-order chi connectivity index (χ0) is 12.0. The maximum Gasteiger partial charge on any atom is 0.341 e. The molecular formula is C11H17NO4. The van der Waals surface area contributed by atoms with Crippen molar-refractivity contribution in [3.63, 3.8) is 0 Å². The molecule has 5 heteroatoms. The van der Waals surface area contributed by atoms with Crippen LogP contribution < -0.4 is 5.32 Å². The van der Waals surface area contributed by atoms with Gasteiger partial charge in [0.05, 0.1) is 13.7 Å². The molecule has 0 aromatic carbocycles. The molecule has 1 aromatic rings. The number of aryl methyl sites for hydroxylation is 1. The molecule has 0 saturated heterocycles. The number of hydrogen-bond donors (Lipinski definition) is 2. The molecule has 0 spiro atoms. The molecule has 0 saturated carbocycles. The van der Waals surface area contributed by atoms with Gasteiger partial charge in [-0.2, -0.15) is 0 Å². The number of aliphatic hydroxyl groups is 1. The Morgan fingerprint density at radius 2 is 2.38 bits per heavy atom. The van der Waals surface area contributed by atoms with Crippen molar-refractivity contribution < 1.29 is 19.1 Å². The van der Waals surface area contributed by atoms with Gasteiger partial charge in [0.15, 0.2) is 0 Å². The summed E-state index contributed by atoms with van der Waals surface area (Å²) in [6.45, 7) is 3.14. The maximum atomic E-state index is 11.3. The molecule has 90 valence electrons. The van der Waals surface area contributed by atoms with Gasteiger partial charge in [-0.1, -0.05) is 0 Å². The third-order valence-electron chi connectivity index (χ3n) is 2.19. The average molecular weight is 227 g/mol. The number of nitrogens with one attached hydrogen (secondary N) is 1. The second kappa shape index (κ2) is 6.30. The first kappa shape index (κ1) is 12.7. The number of carbonyl (C=O) groups is 1. The number of furan rings is 1. The zero-order valence-electron chi connectivity index (χ0n) is 9.58. The topological polar surface area (TPSA) is 71.7 Å². The van der Waals surface area contributed by atoms with E-state index in [2.05, 4.69) is 10.1 Å². The molecule has 0 aliphatic heterocycles. The van der Waals surface area contributed by atoms with Crippen LogP contribution in [0.25, 0.3) is 0 Å². The van der Waals surface area contributed by atoms with Gasteiger partial charge in [-0.15, -0.1) is 0 Å². The molecule has 0 atom stereocenters. The van der Waals surface area contributed by atoms with Crippen molar-refractivity contribution in [2.24, 2.45) is 0 Å². The van der Waals surface area contributed by atoms with E-state index in [1.807, 2.05) is 0 Å². The van der Waals surface area contributed by atoms with E-state index in [1.54, 1.807) is 13.0 Å². The van der Waals surface area contributed by atoms with Crippen molar-refractivity contribution in [3.05, 3.63) is 23.2 Å². The number of esters is 1. The normalized spacial score (nSPS) is 10.4. The molecule has 5 nitrogen and oxygen atoms in total. The van der Waals surface area contributed by atoms with Crippen LogP contribution in [-0.4, -0.2) is 31.3 Å². The average Bonchev–Trinajstić information content (AvgIpc) is 2.65. The minimum atomic E-state index is -0.386. The number of methoxy groups -OCH3 is 1. The Bertz CT molecular complexity index is 346. The van der Waals surface area contributed by atoms with Crippen molar-refractivity contribution in [1.82, 2.24) is 5.32 Å². The van der Waals surface area contributed by atoms with Crippen LogP contribution in [0.2, 0.25) is 0 Å². The van der Waals surface area contributed by atoms with Crippen molar-refractivity contribution in [2.75, 3.05) is 20.3 Å². The highest BCUT2D eigenvalue weighted by molar-refractivity contribution is 5.90. The summed E-state index contributed by atoms with van der Waals surface area (Å²) in [7, 11) is 1.34. The van der Waals surface area contributed by atoms with E-state index in [0.717, 1.165) is 0 Å². The Hall–Kier alpha value is -1.33. The first-order valence-corrected chi connectivity index (χ1v) is 5.18. The molecule has 0 amide bonds. The van der Waals surface area contributed by atoms with E-state index < -0.39 is 0 Å². The molecule has 0 fully saturated rings. The summed E-state index contributed by atoms with van der Waals surface area (Å²) in [4.78, 5) is 11.3. The van der Waals surface area contributed by atoms with Gasteiger partial charge in [-0.3, -0.25) is 0 Å². The minimum absolute atomic E-state index is 0.164. The Morgan fingerprint density at radius 3 is 3.00 bits per heavy atom. The van der Waals surface area contributed by atoms with Crippen LogP contribution in [0.3, 0.4) is 0 Å². The molecule has 0 radical (unpaired) electrons. The van der Waals surface area contributed by atoms with E-state index >= 15 is 0 Å². The van der Waals surface area contributed by atoms with Gasteiger partial charge < -0.3 is 19.6 Å². The smallest absolute Gasteiger partial charge is 0.341 e. The monoisotopic (exact) mass is 227 g/mol. The number of carbonyl (C=O) groups excluding carboxylic acids is 1. The van der Waals surface area contributed by atoms with E-state index in [-0.39, 0.29) is 12.6 Å². The van der Waals surface area contributed by atoms with E-state index in [4.69, 9.17) is 9.52 Å². The van der Waals surface area contributed by atoms with E-state index in [1.165, 1.54) is 7.11 Å². The van der Waals surface area contributed by atoms with Gasteiger partial charge in [0.25, 0.3) is 0 Å². The first-order chi connectivity index (χ1) is 7.69. The van der Waals surface area contributed by atoms with Gasteiger partial charge in [-0.25, -0.2) is 4.79 Å². The highest BCUT2D eigenvalue weighted by Gasteiger charge is 2.14. The number of ether oxygens (including phenoxy) is 1. The van der Waals surface area contributed by atoms with Gasteiger partial charge in [0, 0.05) is 6.61 Å². The third-order valence-corrected chi connectivity index (χ3v) is 2.19. The van der Waals surface area contributed by atoms with Crippen LogP contribution >= 0.6 is 0 Å². The fourth-order valence-electron chi connectivity index (χ4n) is 1.36. The molecular weight excluding hydrogens is 210 g/mol. The molecule has 1 aromatic heterocycles. The Morgan fingerprint density at radius 1 is 1.62 bits per heavy atom. The summed E-state index contributed by atoms with van der Waals surface area (Å²) in [6, 6.07) is 1.67. The summed E-state index contributed by atoms with van der Waals surface area (Å²) in [5, 5.41) is 11.7. The lowest BCUT2D eigenvalue weighted by molar-refractivity contribution is 0.0599. The van der Waals surface area contributed by atoms with E-state index in [9.17, 15) is 4.79 Å². The van der Waals surface area contributed by atoms with Crippen molar-refractivity contribution in [1.29, 1.82) is 0 Å². The predicted octanol–water partition coefficient (Wildman–Crippen LogP) is 0.847. The lowest BCUT2D eigenvalue weighted by atomic mass is 10.2. The molecule has 2 N–H and O–H groups in total. The van der Waals surface area contributed by atoms with Crippen LogP contribution in [0, 0.1) is 6.92 Å². The van der Waals surface area contributed by atoms with Gasteiger partial charge >= 0.3 is 5.97 Å². The van der Waals surface area contributed by atoms with Crippen LogP contribution in [0.15, 0.2) is 10.5 Å². The van der Waals surface area contributed by atoms with Crippen LogP contribution in [0.4, 0.5) is 0 Å². The minimum Gasteiger partial charge on any atom is -0.465 e. The fraction of sp³-hybridized carbons (Fsp3) is 0.545. The zero-order valence-corrected chi connectivity index (χ0v) is 9.58. The Balaban J connectivity index is 2.52. The number of hydrogen-bond acceptors (Lipinski definition) is 5. The summed E-state index contributed by atoms with van der Waals surface area (Å²) in [5.74, 6) is 0.865. The number of rotatable bonds is 6. The molecule has 0 bridgehead atoms. The predicted molar refractivity (Wildman–Crippen MR) is 58.2 cm³/mol. The van der Waals surface area contributed by atoms with E-state index in [0.29, 0.717) is 36.6 Å². The van der Waals surface area contributed by atoms with Gasteiger partial charge in [0.1, 0.15) is 17.1 Å². The Kier molecular flexibility index (Phi) is 5.01. The Labute approximate surface area is 94.4 Å². The largest absolute Gasteiger partial charge is 0.465 e. The first-order valence-electron chi connectivity index (χ1n) is 5.18. The number of aliphatic hydroxyl groups excluding tert-OH is 1. The van der Waals surface area contributed by atoms with Crippen LogP contribution in [0.5, 0.6) is 0 Å². The molecule has 0 aliphatic rings. The van der Waals surface area contributed by atoms with Crippen molar-refractivity contribution >= 4 is 5.97 Å². The third kappa shape index (κ3) is 3.36. The molecule has 1 rings (SSSR count). The standard InChI is InChI=1S/C11H17NO4/c1-8-10(11(14)15-2)6-9(16-8)7-12-4-3-5-13/h6,12-13H,3-5,7H2,1-2H3. The summed E-state index contributed by atoms with van der Waals surface area (Å²) in [5.41, 5.74) is 0.460. The quantitative estimate of drug-likeness (QED) is 0.556. The second-order valence-corrected chi connectivity index (χ2v) is 3.43. The lowest BCUT2D eigenvalue weighted by Crippen LogP contribution is -2.15. The van der Waals surface area contributed by atoms with Crippen molar-refractivity contribution in [3.8, 4) is 0 Å². The molecule has 0 aliphatic carbocycles. The highest BCUT2D eigenvalue weighted by atomic mass is 16.5. The lowest BCUT2D eigenvalue weighted by Gasteiger charge is -1.99. The molecule has 16 heavy (non-hydrogen) atoms. The van der Waals surface area contributed by atoms with Crippen molar-refractivity contribution in [2.45, 2.75) is 19.9 Å².